The van der Waals surface area contributed by atoms with Gasteiger partial charge in [0.05, 0.1) is 19.4 Å². The maximum absolute atomic E-state index is 12.2. The van der Waals surface area contributed by atoms with Gasteiger partial charge in [0.1, 0.15) is 9.96 Å². The number of hydrogen-bond donors (Lipinski definition) is 2. The highest BCUT2D eigenvalue weighted by Gasteiger charge is 2.17. The van der Waals surface area contributed by atoms with Crippen molar-refractivity contribution in [3.63, 3.8) is 0 Å². The summed E-state index contributed by atoms with van der Waals surface area (Å²) in [6.07, 6.45) is 0. The van der Waals surface area contributed by atoms with E-state index in [-0.39, 0.29) is 10.8 Å². The normalized spacial score (nSPS) is 11.3. The van der Waals surface area contributed by atoms with Gasteiger partial charge in [-0.2, -0.15) is 0 Å². The van der Waals surface area contributed by atoms with Crippen molar-refractivity contribution in [2.75, 3.05) is 11.8 Å². The lowest BCUT2D eigenvalue weighted by Gasteiger charge is -2.10. The Morgan fingerprint density at radius 1 is 1.30 bits per heavy atom. The fraction of sp³-hybridized carbons (Fsp3) is 0.231. The molecule has 0 aliphatic heterocycles. The van der Waals surface area contributed by atoms with Gasteiger partial charge in [-0.25, -0.2) is 8.42 Å². The quantitative estimate of drug-likeness (QED) is 0.888. The fourth-order valence-corrected chi connectivity index (χ4v) is 4.01. The predicted octanol–water partition coefficient (Wildman–Crippen LogP) is 2.36. The third kappa shape index (κ3) is 3.12. The topological polar surface area (TPSA) is 75.6 Å². The second-order valence-corrected chi connectivity index (χ2v) is 7.24. The van der Waals surface area contributed by atoms with Gasteiger partial charge in [0.2, 0.25) is 0 Å². The third-order valence-electron chi connectivity index (χ3n) is 2.74. The van der Waals surface area contributed by atoms with Gasteiger partial charge in [0, 0.05) is 4.88 Å². The molecule has 108 valence electrons. The molecule has 0 aliphatic carbocycles. The zero-order chi connectivity index (χ0) is 14.8. The number of sulfonamides is 1. The third-order valence-corrected chi connectivity index (χ3v) is 5.66. The number of benzene rings is 1. The zero-order valence-corrected chi connectivity index (χ0v) is 12.7. The number of aryl methyl sites for hydroxylation is 1. The summed E-state index contributed by atoms with van der Waals surface area (Å²) in [5.74, 6) is 0.670. The first kappa shape index (κ1) is 14.8. The highest BCUT2D eigenvalue weighted by molar-refractivity contribution is 7.94. The standard InChI is InChI=1S/C13H15NO4S2/c1-9-7-10(18-2)3-5-12(9)14-20(16,17)13-6-4-11(8-15)19-13/h3-7,14-15H,8H2,1-2H3. The molecule has 1 aromatic heterocycles. The second kappa shape index (κ2) is 5.82. The summed E-state index contributed by atoms with van der Waals surface area (Å²) in [4.78, 5) is 0.608. The number of ether oxygens (including phenoxy) is 1. The van der Waals surface area contributed by atoms with Gasteiger partial charge in [0.15, 0.2) is 0 Å². The Morgan fingerprint density at radius 2 is 2.05 bits per heavy atom. The van der Waals surface area contributed by atoms with Crippen LogP contribution < -0.4 is 9.46 Å². The van der Waals surface area contributed by atoms with Crippen LogP contribution in [0.1, 0.15) is 10.4 Å². The SMILES string of the molecule is COc1ccc(NS(=O)(=O)c2ccc(CO)s2)c(C)c1. The minimum absolute atomic E-state index is 0.165. The summed E-state index contributed by atoms with van der Waals surface area (Å²) in [5.41, 5.74) is 1.27. The number of rotatable bonds is 5. The van der Waals surface area contributed by atoms with E-state index in [4.69, 9.17) is 9.84 Å². The Hall–Kier alpha value is -1.57. The van der Waals surface area contributed by atoms with Gasteiger partial charge in [-0.15, -0.1) is 11.3 Å². The van der Waals surface area contributed by atoms with Gasteiger partial charge >= 0.3 is 0 Å². The molecule has 0 spiro atoms. The minimum atomic E-state index is -3.63. The van der Waals surface area contributed by atoms with Crippen molar-refractivity contribution in [3.05, 3.63) is 40.8 Å². The first-order chi connectivity index (χ1) is 9.46. The molecule has 2 rings (SSSR count). The molecule has 2 aromatic rings. The summed E-state index contributed by atoms with van der Waals surface area (Å²) in [7, 11) is -2.07. The Bertz CT molecular complexity index is 707. The van der Waals surface area contributed by atoms with Crippen LogP contribution in [0.5, 0.6) is 5.75 Å². The van der Waals surface area contributed by atoms with Crippen LogP contribution in [-0.2, 0) is 16.6 Å². The van der Waals surface area contributed by atoms with Crippen molar-refractivity contribution < 1.29 is 18.3 Å². The van der Waals surface area contributed by atoms with E-state index in [1.165, 1.54) is 6.07 Å². The summed E-state index contributed by atoms with van der Waals surface area (Å²) in [6.45, 7) is 1.63. The lowest BCUT2D eigenvalue weighted by Crippen LogP contribution is -2.12. The maximum atomic E-state index is 12.2. The molecule has 20 heavy (non-hydrogen) atoms. The molecule has 0 aliphatic rings. The number of aliphatic hydroxyl groups is 1. The Labute approximate surface area is 121 Å². The van der Waals surface area contributed by atoms with Crippen molar-refractivity contribution in [3.8, 4) is 5.75 Å². The minimum Gasteiger partial charge on any atom is -0.497 e. The molecule has 0 saturated carbocycles. The predicted molar refractivity (Wildman–Crippen MR) is 78.8 cm³/mol. The number of methoxy groups -OCH3 is 1. The average molecular weight is 313 g/mol. The van der Waals surface area contributed by atoms with Gasteiger partial charge < -0.3 is 9.84 Å². The number of thiophene rings is 1. The highest BCUT2D eigenvalue weighted by Crippen LogP contribution is 2.27. The van der Waals surface area contributed by atoms with Crippen molar-refractivity contribution in [1.82, 2.24) is 0 Å². The molecule has 0 saturated heterocycles. The molecule has 1 heterocycles. The van der Waals surface area contributed by atoms with Crippen LogP contribution in [0.15, 0.2) is 34.5 Å². The van der Waals surface area contributed by atoms with Gasteiger partial charge in [0.25, 0.3) is 10.0 Å². The molecule has 0 unspecified atom stereocenters. The van der Waals surface area contributed by atoms with E-state index in [9.17, 15) is 8.42 Å². The summed E-state index contributed by atoms with van der Waals surface area (Å²) < 4.78 is 32.2. The molecule has 5 nitrogen and oxygen atoms in total. The first-order valence-electron chi connectivity index (χ1n) is 5.83. The van der Waals surface area contributed by atoms with Crippen molar-refractivity contribution in [2.24, 2.45) is 0 Å². The molecular weight excluding hydrogens is 298 g/mol. The maximum Gasteiger partial charge on any atom is 0.271 e. The number of nitrogens with one attached hydrogen (secondary N) is 1. The molecule has 2 N–H and O–H groups in total. The monoisotopic (exact) mass is 313 g/mol. The van der Waals surface area contributed by atoms with Crippen LogP contribution in [0.2, 0.25) is 0 Å². The zero-order valence-electron chi connectivity index (χ0n) is 11.1. The largest absolute Gasteiger partial charge is 0.497 e. The van der Waals surface area contributed by atoms with E-state index in [0.717, 1.165) is 16.9 Å². The smallest absolute Gasteiger partial charge is 0.271 e. The van der Waals surface area contributed by atoms with Crippen LogP contribution >= 0.6 is 11.3 Å². The molecule has 1 aromatic carbocycles. The van der Waals surface area contributed by atoms with E-state index in [2.05, 4.69) is 4.72 Å². The second-order valence-electron chi connectivity index (χ2n) is 4.17. The van der Waals surface area contributed by atoms with E-state index < -0.39 is 10.0 Å². The van der Waals surface area contributed by atoms with E-state index >= 15 is 0 Å². The Balaban J connectivity index is 2.28. The van der Waals surface area contributed by atoms with Gasteiger partial charge in [-0.1, -0.05) is 0 Å². The summed E-state index contributed by atoms with van der Waals surface area (Å²) >= 11 is 1.05. The molecule has 0 radical (unpaired) electrons. The summed E-state index contributed by atoms with van der Waals surface area (Å²) in [5, 5.41) is 8.99. The number of hydrogen-bond acceptors (Lipinski definition) is 5. The Kier molecular flexibility index (Phi) is 4.32. The summed E-state index contributed by atoms with van der Waals surface area (Å²) in [6, 6.07) is 8.19. The fourth-order valence-electron chi connectivity index (χ4n) is 1.66. The van der Waals surface area contributed by atoms with Crippen LogP contribution in [-0.4, -0.2) is 20.6 Å². The van der Waals surface area contributed by atoms with Crippen molar-refractivity contribution in [1.29, 1.82) is 0 Å². The number of anilines is 1. The molecule has 0 amide bonds. The van der Waals surface area contributed by atoms with Crippen LogP contribution in [0.4, 0.5) is 5.69 Å². The van der Waals surface area contributed by atoms with Gasteiger partial charge in [-0.3, -0.25) is 4.72 Å². The van der Waals surface area contributed by atoms with Crippen molar-refractivity contribution in [2.45, 2.75) is 17.7 Å². The van der Waals surface area contributed by atoms with E-state index in [0.29, 0.717) is 16.3 Å². The highest BCUT2D eigenvalue weighted by atomic mass is 32.2. The lowest BCUT2D eigenvalue weighted by molar-refractivity contribution is 0.285. The Morgan fingerprint density at radius 3 is 2.60 bits per heavy atom. The van der Waals surface area contributed by atoms with Crippen LogP contribution in [0.3, 0.4) is 0 Å². The van der Waals surface area contributed by atoms with E-state index in [1.807, 2.05) is 0 Å². The molecular formula is C13H15NO4S2. The van der Waals surface area contributed by atoms with Crippen LogP contribution in [0.25, 0.3) is 0 Å². The van der Waals surface area contributed by atoms with Crippen molar-refractivity contribution >= 4 is 27.0 Å². The number of aliphatic hydroxyl groups excluding tert-OH is 1. The average Bonchev–Trinajstić information content (AvgIpc) is 2.90. The molecule has 7 heteroatoms. The molecule has 0 bridgehead atoms. The van der Waals surface area contributed by atoms with Crippen LogP contribution in [0, 0.1) is 6.92 Å². The molecule has 0 atom stereocenters. The van der Waals surface area contributed by atoms with Gasteiger partial charge in [-0.05, 0) is 42.8 Å². The first-order valence-corrected chi connectivity index (χ1v) is 8.13. The van der Waals surface area contributed by atoms with E-state index in [1.54, 1.807) is 38.3 Å². The molecule has 0 fully saturated rings. The lowest BCUT2D eigenvalue weighted by atomic mass is 10.2.